The Morgan fingerprint density at radius 1 is 1.19 bits per heavy atom. The third kappa shape index (κ3) is 2.94. The maximum Gasteiger partial charge on any atom is 0.306 e. The number of hydrogen-bond donors (Lipinski definition) is 1. The maximum absolute atomic E-state index is 12.5. The highest BCUT2D eigenvalue weighted by atomic mass is 16.4. The van der Waals surface area contributed by atoms with Crippen molar-refractivity contribution >= 4 is 11.9 Å². The van der Waals surface area contributed by atoms with Crippen LogP contribution in [0.4, 0.5) is 0 Å². The van der Waals surface area contributed by atoms with Crippen molar-refractivity contribution in [2.75, 3.05) is 13.1 Å². The van der Waals surface area contributed by atoms with E-state index in [4.69, 9.17) is 5.11 Å². The number of fused-ring (bicyclic) bond motifs is 1. The molecule has 1 heterocycles. The maximum atomic E-state index is 12.5. The van der Waals surface area contributed by atoms with Gasteiger partial charge in [-0.15, -0.1) is 0 Å². The number of amides is 1. The smallest absolute Gasteiger partial charge is 0.306 e. The highest BCUT2D eigenvalue weighted by Gasteiger charge is 2.30. The third-order valence-corrected chi connectivity index (χ3v) is 4.86. The van der Waals surface area contributed by atoms with Gasteiger partial charge in [-0.2, -0.15) is 0 Å². The van der Waals surface area contributed by atoms with Crippen molar-refractivity contribution in [1.82, 2.24) is 4.90 Å². The van der Waals surface area contributed by atoms with Crippen LogP contribution in [0.1, 0.15) is 41.6 Å². The quantitative estimate of drug-likeness (QED) is 0.929. The summed E-state index contributed by atoms with van der Waals surface area (Å²) in [5.41, 5.74) is 1.98. The summed E-state index contributed by atoms with van der Waals surface area (Å²) in [6.07, 6.45) is 4.26. The molecule has 1 amide bonds. The van der Waals surface area contributed by atoms with Crippen LogP contribution in [0.15, 0.2) is 24.3 Å². The van der Waals surface area contributed by atoms with E-state index in [-0.39, 0.29) is 11.8 Å². The fourth-order valence-corrected chi connectivity index (χ4v) is 3.55. The lowest BCUT2D eigenvalue weighted by Gasteiger charge is -2.34. The number of carboxylic acid groups (broad SMARTS) is 1. The minimum atomic E-state index is -0.670. The molecule has 0 saturated heterocycles. The summed E-state index contributed by atoms with van der Waals surface area (Å²) in [7, 11) is 0. The molecule has 21 heavy (non-hydrogen) atoms. The Bertz CT molecular complexity index is 547. The number of benzene rings is 1. The van der Waals surface area contributed by atoms with Gasteiger partial charge >= 0.3 is 5.97 Å². The molecule has 0 bridgehead atoms. The molecule has 1 saturated carbocycles. The summed E-state index contributed by atoms with van der Waals surface area (Å²) in [6.45, 7) is 1.56. The molecular weight excluding hydrogens is 266 g/mol. The van der Waals surface area contributed by atoms with Crippen LogP contribution in [-0.4, -0.2) is 35.0 Å². The lowest BCUT2D eigenvalue weighted by atomic mass is 9.81. The number of rotatable bonds is 3. The molecule has 1 aromatic rings. The average molecular weight is 287 g/mol. The molecule has 1 aliphatic heterocycles. The van der Waals surface area contributed by atoms with E-state index in [1.165, 1.54) is 0 Å². The lowest BCUT2D eigenvalue weighted by molar-refractivity contribution is -0.143. The Balaban J connectivity index is 1.60. The van der Waals surface area contributed by atoms with Gasteiger partial charge in [0, 0.05) is 18.7 Å². The zero-order valence-corrected chi connectivity index (χ0v) is 12.1. The van der Waals surface area contributed by atoms with Gasteiger partial charge in [0.05, 0.1) is 5.92 Å². The Morgan fingerprint density at radius 2 is 1.90 bits per heavy atom. The number of carbonyl (C=O) groups is 2. The Morgan fingerprint density at radius 3 is 2.62 bits per heavy atom. The van der Waals surface area contributed by atoms with Crippen LogP contribution in [0.5, 0.6) is 0 Å². The molecule has 2 aliphatic rings. The Labute approximate surface area is 124 Å². The average Bonchev–Trinajstić information content (AvgIpc) is 2.51. The number of carboxylic acids is 1. The van der Waals surface area contributed by atoms with Crippen LogP contribution in [0.2, 0.25) is 0 Å². The predicted octanol–water partition coefficient (Wildman–Crippen LogP) is 2.58. The molecule has 0 spiro atoms. The van der Waals surface area contributed by atoms with Gasteiger partial charge in [0.15, 0.2) is 0 Å². The highest BCUT2D eigenvalue weighted by Crippen LogP contribution is 2.30. The van der Waals surface area contributed by atoms with Gasteiger partial charge in [0.1, 0.15) is 0 Å². The van der Waals surface area contributed by atoms with Crippen molar-refractivity contribution in [3.63, 3.8) is 0 Å². The Kier molecular flexibility index (Phi) is 3.95. The van der Waals surface area contributed by atoms with E-state index in [0.717, 1.165) is 56.3 Å². The van der Waals surface area contributed by atoms with Crippen LogP contribution in [-0.2, 0) is 11.2 Å². The van der Waals surface area contributed by atoms with Crippen LogP contribution in [0, 0.1) is 11.8 Å². The fraction of sp³-hybridized carbons (Fsp3) is 0.529. The molecule has 3 rings (SSSR count). The lowest BCUT2D eigenvalue weighted by Crippen LogP contribution is -2.41. The first-order valence-electron chi connectivity index (χ1n) is 7.75. The predicted molar refractivity (Wildman–Crippen MR) is 79.1 cm³/mol. The van der Waals surface area contributed by atoms with Crippen LogP contribution in [0.3, 0.4) is 0 Å². The van der Waals surface area contributed by atoms with Crippen molar-refractivity contribution in [1.29, 1.82) is 0 Å². The number of aliphatic carboxylic acids is 1. The second kappa shape index (κ2) is 5.88. The van der Waals surface area contributed by atoms with Gasteiger partial charge in [0.25, 0.3) is 5.91 Å². The van der Waals surface area contributed by atoms with Crippen LogP contribution in [0.25, 0.3) is 0 Å². The largest absolute Gasteiger partial charge is 0.481 e. The molecule has 0 radical (unpaired) electrons. The molecule has 1 fully saturated rings. The molecule has 112 valence electrons. The SMILES string of the molecule is O=C(O)C1CCC(CN2CCc3ccccc3C2=O)CC1. The topological polar surface area (TPSA) is 57.6 Å². The molecule has 1 aromatic carbocycles. The fourth-order valence-electron chi connectivity index (χ4n) is 3.55. The number of carbonyl (C=O) groups excluding carboxylic acids is 1. The van der Waals surface area contributed by atoms with Gasteiger partial charge in [0.2, 0.25) is 0 Å². The molecular formula is C17H21NO3. The van der Waals surface area contributed by atoms with E-state index < -0.39 is 5.97 Å². The first-order chi connectivity index (χ1) is 10.1. The van der Waals surface area contributed by atoms with E-state index in [1.54, 1.807) is 0 Å². The molecule has 4 heteroatoms. The molecule has 0 unspecified atom stereocenters. The standard InChI is InChI=1S/C17H21NO3/c19-16-15-4-2-1-3-13(15)9-10-18(16)11-12-5-7-14(8-6-12)17(20)21/h1-4,12,14H,5-11H2,(H,20,21). The molecule has 1 N–H and O–H groups in total. The summed E-state index contributed by atoms with van der Waals surface area (Å²) >= 11 is 0. The minimum absolute atomic E-state index is 0.136. The van der Waals surface area contributed by atoms with Crippen molar-refractivity contribution in [3.8, 4) is 0 Å². The van der Waals surface area contributed by atoms with Crippen molar-refractivity contribution in [3.05, 3.63) is 35.4 Å². The molecule has 4 nitrogen and oxygen atoms in total. The summed E-state index contributed by atoms with van der Waals surface area (Å²) in [5, 5.41) is 9.03. The molecule has 0 atom stereocenters. The monoisotopic (exact) mass is 287 g/mol. The van der Waals surface area contributed by atoms with Gasteiger partial charge < -0.3 is 10.0 Å². The van der Waals surface area contributed by atoms with E-state index in [9.17, 15) is 9.59 Å². The van der Waals surface area contributed by atoms with Crippen molar-refractivity contribution < 1.29 is 14.7 Å². The van der Waals surface area contributed by atoms with Crippen molar-refractivity contribution in [2.24, 2.45) is 11.8 Å². The zero-order chi connectivity index (χ0) is 14.8. The zero-order valence-electron chi connectivity index (χ0n) is 12.1. The summed E-state index contributed by atoms with van der Waals surface area (Å²) < 4.78 is 0. The molecule has 0 aromatic heterocycles. The van der Waals surface area contributed by atoms with E-state index in [0.29, 0.717) is 5.92 Å². The van der Waals surface area contributed by atoms with Crippen LogP contribution >= 0.6 is 0 Å². The minimum Gasteiger partial charge on any atom is -0.481 e. The third-order valence-electron chi connectivity index (χ3n) is 4.86. The second-order valence-electron chi connectivity index (χ2n) is 6.21. The van der Waals surface area contributed by atoms with Gasteiger partial charge in [-0.25, -0.2) is 0 Å². The van der Waals surface area contributed by atoms with E-state index >= 15 is 0 Å². The number of nitrogens with zero attached hydrogens (tertiary/aromatic N) is 1. The van der Waals surface area contributed by atoms with Gasteiger partial charge in [-0.1, -0.05) is 18.2 Å². The summed E-state index contributed by atoms with van der Waals surface area (Å²) in [6, 6.07) is 7.83. The first kappa shape index (κ1) is 14.1. The van der Waals surface area contributed by atoms with E-state index in [2.05, 4.69) is 0 Å². The summed E-state index contributed by atoms with van der Waals surface area (Å²) in [4.78, 5) is 25.4. The van der Waals surface area contributed by atoms with E-state index in [1.807, 2.05) is 29.2 Å². The Hall–Kier alpha value is -1.84. The van der Waals surface area contributed by atoms with Gasteiger partial charge in [-0.05, 0) is 49.7 Å². The first-order valence-corrected chi connectivity index (χ1v) is 7.75. The van der Waals surface area contributed by atoms with Crippen LogP contribution < -0.4 is 0 Å². The summed E-state index contributed by atoms with van der Waals surface area (Å²) in [5.74, 6) is -0.262. The number of hydrogen-bond acceptors (Lipinski definition) is 2. The normalized spacial score (nSPS) is 25.5. The second-order valence-corrected chi connectivity index (χ2v) is 6.21. The highest BCUT2D eigenvalue weighted by molar-refractivity contribution is 5.96. The molecule has 1 aliphatic carbocycles. The van der Waals surface area contributed by atoms with Gasteiger partial charge in [-0.3, -0.25) is 9.59 Å². The van der Waals surface area contributed by atoms with Crippen molar-refractivity contribution in [2.45, 2.75) is 32.1 Å².